The molecule has 1 atom stereocenters. The second-order valence-corrected chi connectivity index (χ2v) is 15.3. The van der Waals surface area contributed by atoms with Crippen LogP contribution in [-0.2, 0) is 16.1 Å². The minimum Gasteiger partial charge on any atom is -0.508 e. The molecule has 0 saturated carbocycles. The lowest BCUT2D eigenvalue weighted by Gasteiger charge is -2.41. The quantitative estimate of drug-likeness (QED) is 0.161. The van der Waals surface area contributed by atoms with E-state index in [2.05, 4.69) is 58.4 Å². The molecule has 12 heteroatoms. The van der Waals surface area contributed by atoms with E-state index >= 15 is 0 Å². The molecule has 0 spiro atoms. The van der Waals surface area contributed by atoms with Crippen molar-refractivity contribution in [3.63, 3.8) is 0 Å². The van der Waals surface area contributed by atoms with Gasteiger partial charge in [-0.2, -0.15) is 0 Å². The van der Waals surface area contributed by atoms with Crippen molar-refractivity contribution in [3.05, 3.63) is 125 Å². The van der Waals surface area contributed by atoms with Crippen LogP contribution in [0, 0.1) is 0 Å². The van der Waals surface area contributed by atoms with Crippen molar-refractivity contribution in [2.45, 2.75) is 38.8 Å². The SMILES string of the molecule is CC/C(=C(\c1ccc(O)cc1)c1ccc(OCCN2CCN(C(=O)N3CCN(c4ccc5c(c4)CN([C@@H]4CCC(=O)NC4=O)C5=O)CC3)CC2)cc1)c1ccccc1. The van der Waals surface area contributed by atoms with Gasteiger partial charge in [0, 0.05) is 83.1 Å². The number of nitrogens with one attached hydrogen (secondary N) is 1. The molecule has 0 radical (unpaired) electrons. The highest BCUT2D eigenvalue weighted by molar-refractivity contribution is 6.05. The summed E-state index contributed by atoms with van der Waals surface area (Å²) in [7, 11) is 0. The molecule has 0 bridgehead atoms. The topological polar surface area (TPSA) is 126 Å². The van der Waals surface area contributed by atoms with Gasteiger partial charge < -0.3 is 29.4 Å². The number of rotatable bonds is 10. The Bertz CT molecular complexity index is 2170. The summed E-state index contributed by atoms with van der Waals surface area (Å²) in [6, 6.07) is 31.3. The number of carbonyl (C=O) groups is 4. The number of piperazine rings is 2. The van der Waals surface area contributed by atoms with Crippen LogP contribution in [0.15, 0.2) is 97.1 Å². The molecule has 300 valence electrons. The van der Waals surface area contributed by atoms with E-state index in [9.17, 15) is 24.3 Å². The number of allylic oxidation sites excluding steroid dienone is 1. The first-order chi connectivity index (χ1) is 28.2. The van der Waals surface area contributed by atoms with Crippen molar-refractivity contribution in [1.29, 1.82) is 0 Å². The summed E-state index contributed by atoms with van der Waals surface area (Å²) in [5, 5.41) is 12.3. The summed E-state index contributed by atoms with van der Waals surface area (Å²) in [5.74, 6) is 0.165. The highest BCUT2D eigenvalue weighted by Gasteiger charge is 2.39. The zero-order valence-corrected chi connectivity index (χ0v) is 32.9. The van der Waals surface area contributed by atoms with Crippen molar-refractivity contribution in [2.75, 3.05) is 70.4 Å². The van der Waals surface area contributed by atoms with Gasteiger partial charge in [0.1, 0.15) is 24.1 Å². The molecule has 4 heterocycles. The fraction of sp³-hybridized carbons (Fsp3) is 0.348. The molecule has 0 aromatic heterocycles. The fourth-order valence-electron chi connectivity index (χ4n) is 8.59. The molecule has 0 unspecified atom stereocenters. The maximum Gasteiger partial charge on any atom is 0.320 e. The minimum absolute atomic E-state index is 0.0780. The lowest BCUT2D eigenvalue weighted by Crippen LogP contribution is -2.57. The Kier molecular flexibility index (Phi) is 11.5. The van der Waals surface area contributed by atoms with Gasteiger partial charge >= 0.3 is 6.03 Å². The average molecular weight is 783 g/mol. The third-order valence-electron chi connectivity index (χ3n) is 11.8. The van der Waals surface area contributed by atoms with Crippen molar-refractivity contribution in [2.24, 2.45) is 0 Å². The van der Waals surface area contributed by atoms with Crippen LogP contribution in [0.2, 0.25) is 0 Å². The monoisotopic (exact) mass is 782 g/mol. The number of phenols is 1. The van der Waals surface area contributed by atoms with Gasteiger partial charge in [0.25, 0.3) is 5.91 Å². The lowest BCUT2D eigenvalue weighted by molar-refractivity contribution is -0.136. The third kappa shape index (κ3) is 8.29. The van der Waals surface area contributed by atoms with Gasteiger partial charge in [-0.15, -0.1) is 0 Å². The summed E-state index contributed by atoms with van der Waals surface area (Å²) in [4.78, 5) is 60.8. The molecular weight excluding hydrogens is 733 g/mol. The van der Waals surface area contributed by atoms with E-state index in [4.69, 9.17) is 4.74 Å². The zero-order valence-electron chi connectivity index (χ0n) is 32.9. The number of anilines is 1. The molecule has 3 fully saturated rings. The van der Waals surface area contributed by atoms with Gasteiger partial charge in [0.2, 0.25) is 11.8 Å². The smallest absolute Gasteiger partial charge is 0.320 e. The summed E-state index contributed by atoms with van der Waals surface area (Å²) in [6.45, 7) is 9.36. The summed E-state index contributed by atoms with van der Waals surface area (Å²) < 4.78 is 6.19. The summed E-state index contributed by atoms with van der Waals surface area (Å²) in [5.41, 5.74) is 8.15. The van der Waals surface area contributed by atoms with Crippen LogP contribution in [0.1, 0.15) is 58.8 Å². The number of fused-ring (bicyclic) bond motifs is 1. The number of aromatic hydroxyl groups is 1. The minimum atomic E-state index is -0.634. The second-order valence-electron chi connectivity index (χ2n) is 15.3. The zero-order chi connectivity index (χ0) is 40.2. The van der Waals surface area contributed by atoms with Crippen molar-refractivity contribution in [1.82, 2.24) is 24.9 Å². The van der Waals surface area contributed by atoms with Gasteiger partial charge in [-0.05, 0) is 88.7 Å². The standard InChI is InChI=1S/C46H50N6O6/c1-2-39(32-6-4-3-5-7-32)43(33-8-13-37(53)14-9-33)34-10-15-38(16-11-34)58-29-28-48-20-22-50(23-21-48)46(57)51-26-24-49(25-27-51)36-12-17-40-35(30-36)31-52(45(40)56)41-18-19-42(54)47-44(41)55/h3-17,30,41,53H,2,18-29,31H2,1H3,(H,47,54,55)/b43-39-/t41-/m1/s1. The van der Waals surface area contributed by atoms with Crippen molar-refractivity contribution >= 4 is 40.6 Å². The Morgan fingerprint density at radius 1 is 0.776 bits per heavy atom. The first kappa shape index (κ1) is 38.7. The lowest BCUT2D eigenvalue weighted by atomic mass is 9.88. The second kappa shape index (κ2) is 17.2. The third-order valence-corrected chi connectivity index (χ3v) is 11.8. The predicted molar refractivity (Wildman–Crippen MR) is 222 cm³/mol. The maximum absolute atomic E-state index is 13.5. The van der Waals surface area contributed by atoms with E-state index in [0.29, 0.717) is 64.4 Å². The van der Waals surface area contributed by atoms with Gasteiger partial charge in [0.05, 0.1) is 0 Å². The molecule has 5 amide bonds. The van der Waals surface area contributed by atoms with Crippen LogP contribution in [0.5, 0.6) is 11.5 Å². The fourth-order valence-corrected chi connectivity index (χ4v) is 8.59. The van der Waals surface area contributed by atoms with Gasteiger partial charge in [-0.3, -0.25) is 24.6 Å². The number of hydrogen-bond acceptors (Lipinski definition) is 8. The van der Waals surface area contributed by atoms with Crippen molar-refractivity contribution < 1.29 is 29.0 Å². The molecule has 8 rings (SSSR count). The van der Waals surface area contributed by atoms with Gasteiger partial charge in [-0.1, -0.05) is 61.5 Å². The Labute approximate surface area is 339 Å². The highest BCUT2D eigenvalue weighted by atomic mass is 16.5. The average Bonchev–Trinajstić information content (AvgIpc) is 3.58. The molecule has 0 aliphatic carbocycles. The number of ether oxygens (including phenoxy) is 1. The van der Waals surface area contributed by atoms with Crippen LogP contribution in [0.4, 0.5) is 10.5 Å². The van der Waals surface area contributed by atoms with E-state index in [1.165, 1.54) is 11.1 Å². The molecule has 3 saturated heterocycles. The highest BCUT2D eigenvalue weighted by Crippen LogP contribution is 2.36. The molecule has 2 N–H and O–H groups in total. The van der Waals surface area contributed by atoms with Crippen molar-refractivity contribution in [3.8, 4) is 11.5 Å². The Hall–Kier alpha value is -6.14. The Morgan fingerprint density at radius 3 is 2.09 bits per heavy atom. The number of nitrogens with zero attached hydrogens (tertiary/aromatic N) is 5. The first-order valence-corrected chi connectivity index (χ1v) is 20.4. The Morgan fingerprint density at radius 2 is 1.43 bits per heavy atom. The number of hydrogen-bond donors (Lipinski definition) is 2. The molecule has 58 heavy (non-hydrogen) atoms. The van der Waals surface area contributed by atoms with Crippen LogP contribution in [-0.4, -0.2) is 120 Å². The molecule has 4 aliphatic rings. The summed E-state index contributed by atoms with van der Waals surface area (Å²) >= 11 is 0. The van der Waals surface area contributed by atoms with E-state index < -0.39 is 11.9 Å². The number of imide groups is 1. The van der Waals surface area contributed by atoms with Gasteiger partial charge in [0.15, 0.2) is 0 Å². The van der Waals surface area contributed by atoms with E-state index in [-0.39, 0.29) is 30.0 Å². The molecular formula is C46H50N6O6. The van der Waals surface area contributed by atoms with Gasteiger partial charge in [-0.25, -0.2) is 4.79 Å². The van der Waals surface area contributed by atoms with Crippen LogP contribution in [0.25, 0.3) is 11.1 Å². The van der Waals surface area contributed by atoms with E-state index in [1.54, 1.807) is 17.0 Å². The van der Waals surface area contributed by atoms with Crippen LogP contribution in [0.3, 0.4) is 0 Å². The normalized spacial score (nSPS) is 19.2. The molecule has 12 nitrogen and oxygen atoms in total. The number of amides is 5. The number of phenolic OH excluding ortho intramolecular Hbond substituents is 1. The predicted octanol–water partition coefficient (Wildman–Crippen LogP) is 5.46. The molecule has 4 aromatic carbocycles. The van der Waals surface area contributed by atoms with E-state index in [1.807, 2.05) is 58.3 Å². The summed E-state index contributed by atoms with van der Waals surface area (Å²) in [6.07, 6.45) is 1.42. The number of benzene rings is 4. The number of carbonyl (C=O) groups excluding carboxylic acids is 4. The maximum atomic E-state index is 13.5. The largest absolute Gasteiger partial charge is 0.508 e. The Balaban J connectivity index is 0.795. The molecule has 4 aliphatic heterocycles. The van der Waals surface area contributed by atoms with Crippen LogP contribution >= 0.6 is 0 Å². The van der Waals surface area contributed by atoms with Crippen LogP contribution < -0.4 is 15.0 Å². The van der Waals surface area contributed by atoms with E-state index in [0.717, 1.165) is 59.8 Å². The number of urea groups is 1. The molecule has 4 aromatic rings. The number of piperidine rings is 1. The first-order valence-electron chi connectivity index (χ1n) is 20.4.